The summed E-state index contributed by atoms with van der Waals surface area (Å²) in [7, 11) is 0. The van der Waals surface area contributed by atoms with Gasteiger partial charge >= 0.3 is 0 Å². The number of hydrogen-bond acceptors (Lipinski definition) is 3. The second-order valence-electron chi connectivity index (χ2n) is 7.80. The third-order valence-corrected chi connectivity index (χ3v) is 5.66. The van der Waals surface area contributed by atoms with E-state index in [9.17, 15) is 9.59 Å². The van der Waals surface area contributed by atoms with E-state index in [2.05, 4.69) is 17.4 Å². The van der Waals surface area contributed by atoms with Gasteiger partial charge in [-0.1, -0.05) is 60.7 Å². The normalized spacial score (nSPS) is 18.7. The number of rotatable bonds is 6. The van der Waals surface area contributed by atoms with Crippen LogP contribution in [0.15, 0.2) is 83.5 Å². The first-order chi connectivity index (χ1) is 14.7. The number of amides is 2. The quantitative estimate of drug-likeness (QED) is 0.683. The van der Waals surface area contributed by atoms with Gasteiger partial charge in [-0.2, -0.15) is 0 Å². The van der Waals surface area contributed by atoms with Crippen molar-refractivity contribution in [3.05, 3.63) is 95.9 Å². The van der Waals surface area contributed by atoms with Crippen LogP contribution in [-0.2, 0) is 22.6 Å². The van der Waals surface area contributed by atoms with Crippen LogP contribution in [0.5, 0.6) is 0 Å². The first kappa shape index (κ1) is 20.0. The van der Waals surface area contributed by atoms with Gasteiger partial charge in [0, 0.05) is 19.0 Å². The summed E-state index contributed by atoms with van der Waals surface area (Å²) in [5, 5.41) is 2.97. The number of carbonyl (C=O) groups excluding carboxylic acids is 2. The SMILES string of the molecule is O=C(NCc1ccco1)C1CC(c2ccccc2)CN(C(=O)Cc2ccccc2)C1. The van der Waals surface area contributed by atoms with Gasteiger partial charge in [-0.15, -0.1) is 0 Å². The van der Waals surface area contributed by atoms with Crippen LogP contribution in [-0.4, -0.2) is 29.8 Å². The highest BCUT2D eigenvalue weighted by atomic mass is 16.3. The molecule has 2 unspecified atom stereocenters. The Kier molecular flexibility index (Phi) is 6.28. The molecule has 1 aliphatic heterocycles. The average Bonchev–Trinajstić information content (AvgIpc) is 3.32. The fourth-order valence-corrected chi connectivity index (χ4v) is 4.07. The van der Waals surface area contributed by atoms with Crippen molar-refractivity contribution >= 4 is 11.8 Å². The molecule has 0 radical (unpaired) electrons. The molecule has 0 bridgehead atoms. The standard InChI is InChI=1S/C25H26N2O3/c28-24(14-19-8-3-1-4-9-19)27-17-21(20-10-5-2-6-11-20)15-22(18-27)25(29)26-16-23-12-7-13-30-23/h1-13,21-22H,14-18H2,(H,26,29). The van der Waals surface area contributed by atoms with E-state index in [4.69, 9.17) is 4.42 Å². The second-order valence-corrected chi connectivity index (χ2v) is 7.80. The molecule has 2 amide bonds. The Hall–Kier alpha value is -3.34. The van der Waals surface area contributed by atoms with Crippen molar-refractivity contribution in [2.24, 2.45) is 5.92 Å². The molecule has 0 aliphatic carbocycles. The van der Waals surface area contributed by atoms with Crippen molar-refractivity contribution in [3.8, 4) is 0 Å². The monoisotopic (exact) mass is 402 g/mol. The topological polar surface area (TPSA) is 62.6 Å². The zero-order valence-electron chi connectivity index (χ0n) is 16.9. The van der Waals surface area contributed by atoms with Gasteiger partial charge < -0.3 is 14.6 Å². The molecule has 2 atom stereocenters. The predicted octanol–water partition coefficient (Wildman–Crippen LogP) is 3.77. The van der Waals surface area contributed by atoms with E-state index in [1.165, 1.54) is 5.56 Å². The number of carbonyl (C=O) groups is 2. The highest BCUT2D eigenvalue weighted by molar-refractivity contribution is 5.82. The summed E-state index contributed by atoms with van der Waals surface area (Å²) in [6.07, 6.45) is 2.67. The summed E-state index contributed by atoms with van der Waals surface area (Å²) in [5.41, 5.74) is 2.15. The molecule has 1 N–H and O–H groups in total. The lowest BCUT2D eigenvalue weighted by Crippen LogP contribution is -2.48. The number of furan rings is 1. The fourth-order valence-electron chi connectivity index (χ4n) is 4.07. The lowest BCUT2D eigenvalue weighted by atomic mass is 9.83. The maximum absolute atomic E-state index is 13.0. The number of likely N-dealkylation sites (tertiary alicyclic amines) is 1. The maximum atomic E-state index is 13.0. The molecule has 0 saturated carbocycles. The van der Waals surface area contributed by atoms with Gasteiger partial charge in [0.2, 0.25) is 11.8 Å². The molecule has 30 heavy (non-hydrogen) atoms. The Labute approximate surface area is 176 Å². The van der Waals surface area contributed by atoms with Gasteiger partial charge in [-0.3, -0.25) is 9.59 Å². The third kappa shape index (κ3) is 4.98. The Bertz CT molecular complexity index is 955. The van der Waals surface area contributed by atoms with Crippen LogP contribution >= 0.6 is 0 Å². The molecule has 5 heteroatoms. The minimum absolute atomic E-state index is 0.0375. The molecule has 4 rings (SSSR count). The number of benzene rings is 2. The van der Waals surface area contributed by atoms with Crippen LogP contribution in [0.25, 0.3) is 0 Å². The van der Waals surface area contributed by atoms with Crippen molar-refractivity contribution in [2.45, 2.75) is 25.3 Å². The molecule has 1 aliphatic rings. The molecular weight excluding hydrogens is 376 g/mol. The largest absolute Gasteiger partial charge is 0.467 e. The summed E-state index contributed by atoms with van der Waals surface area (Å²) in [4.78, 5) is 27.8. The molecule has 2 aromatic carbocycles. The molecule has 1 saturated heterocycles. The van der Waals surface area contributed by atoms with Crippen molar-refractivity contribution < 1.29 is 14.0 Å². The molecular formula is C25H26N2O3. The van der Waals surface area contributed by atoms with Crippen LogP contribution in [0.1, 0.15) is 29.2 Å². The van der Waals surface area contributed by atoms with Gasteiger partial charge in [0.15, 0.2) is 0 Å². The minimum Gasteiger partial charge on any atom is -0.467 e. The van der Waals surface area contributed by atoms with Crippen molar-refractivity contribution in [1.29, 1.82) is 0 Å². The highest BCUT2D eigenvalue weighted by Crippen LogP contribution is 2.31. The average molecular weight is 402 g/mol. The van der Waals surface area contributed by atoms with Crippen molar-refractivity contribution in [2.75, 3.05) is 13.1 Å². The summed E-state index contributed by atoms with van der Waals surface area (Å²) < 4.78 is 5.31. The Morgan fingerprint density at radius 3 is 2.37 bits per heavy atom. The number of hydrogen-bond donors (Lipinski definition) is 1. The zero-order valence-corrected chi connectivity index (χ0v) is 16.9. The summed E-state index contributed by atoms with van der Waals surface area (Å²) in [6, 6.07) is 23.5. The third-order valence-electron chi connectivity index (χ3n) is 5.66. The van der Waals surface area contributed by atoms with E-state index >= 15 is 0 Å². The smallest absolute Gasteiger partial charge is 0.227 e. The van der Waals surface area contributed by atoms with Crippen LogP contribution in [0, 0.1) is 5.92 Å². The minimum atomic E-state index is -0.251. The molecule has 1 aromatic heterocycles. The van der Waals surface area contributed by atoms with E-state index in [-0.39, 0.29) is 23.7 Å². The van der Waals surface area contributed by atoms with Gasteiger partial charge in [-0.05, 0) is 29.7 Å². The number of piperidine rings is 1. The van der Waals surface area contributed by atoms with Crippen molar-refractivity contribution in [1.82, 2.24) is 10.2 Å². The van der Waals surface area contributed by atoms with Crippen LogP contribution in [0.3, 0.4) is 0 Å². The van der Waals surface area contributed by atoms with E-state index in [0.717, 1.165) is 17.7 Å². The predicted molar refractivity (Wildman–Crippen MR) is 115 cm³/mol. The summed E-state index contributed by atoms with van der Waals surface area (Å²) >= 11 is 0. The highest BCUT2D eigenvalue weighted by Gasteiger charge is 2.34. The van der Waals surface area contributed by atoms with Gasteiger partial charge in [0.25, 0.3) is 0 Å². The van der Waals surface area contributed by atoms with E-state index in [1.807, 2.05) is 59.5 Å². The summed E-state index contributed by atoms with van der Waals surface area (Å²) in [5.74, 6) is 0.628. The summed E-state index contributed by atoms with van der Waals surface area (Å²) in [6.45, 7) is 1.44. The molecule has 154 valence electrons. The Balaban J connectivity index is 1.48. The number of nitrogens with one attached hydrogen (secondary N) is 1. The first-order valence-corrected chi connectivity index (χ1v) is 10.4. The molecule has 0 spiro atoms. The lowest BCUT2D eigenvalue weighted by molar-refractivity contribution is -0.135. The fraction of sp³-hybridized carbons (Fsp3) is 0.280. The van der Waals surface area contributed by atoms with Crippen molar-refractivity contribution in [3.63, 3.8) is 0 Å². The maximum Gasteiger partial charge on any atom is 0.227 e. The lowest BCUT2D eigenvalue weighted by Gasteiger charge is -2.37. The van der Waals surface area contributed by atoms with Crippen LogP contribution in [0.2, 0.25) is 0 Å². The van der Waals surface area contributed by atoms with Gasteiger partial charge in [-0.25, -0.2) is 0 Å². The number of nitrogens with zero attached hydrogens (tertiary/aromatic N) is 1. The molecule has 3 aromatic rings. The second kappa shape index (κ2) is 9.44. The van der Waals surface area contributed by atoms with E-state index in [0.29, 0.717) is 26.1 Å². The molecule has 5 nitrogen and oxygen atoms in total. The Morgan fingerprint density at radius 2 is 1.67 bits per heavy atom. The van der Waals surface area contributed by atoms with Gasteiger partial charge in [0.1, 0.15) is 5.76 Å². The zero-order chi connectivity index (χ0) is 20.8. The van der Waals surface area contributed by atoms with Crippen LogP contribution in [0.4, 0.5) is 0 Å². The van der Waals surface area contributed by atoms with Gasteiger partial charge in [0.05, 0.1) is 25.1 Å². The Morgan fingerprint density at radius 1 is 0.933 bits per heavy atom. The van der Waals surface area contributed by atoms with E-state index < -0.39 is 0 Å². The van der Waals surface area contributed by atoms with E-state index in [1.54, 1.807) is 12.3 Å². The molecule has 2 heterocycles. The first-order valence-electron chi connectivity index (χ1n) is 10.4. The molecule has 1 fully saturated rings. The van der Waals surface area contributed by atoms with Crippen LogP contribution < -0.4 is 5.32 Å².